The molecule has 4 nitrogen and oxygen atoms in total. The minimum absolute atomic E-state index is 0.207. The van der Waals surface area contributed by atoms with E-state index in [-0.39, 0.29) is 6.04 Å². The van der Waals surface area contributed by atoms with Crippen LogP contribution in [0.25, 0.3) is 0 Å². The van der Waals surface area contributed by atoms with Gasteiger partial charge in [0, 0.05) is 18.7 Å². The van der Waals surface area contributed by atoms with E-state index < -0.39 is 0 Å². The van der Waals surface area contributed by atoms with E-state index in [1.54, 1.807) is 14.2 Å². The Morgan fingerprint density at radius 3 is 1.85 bits per heavy atom. The molecular formula is C16H28N2O2. The van der Waals surface area contributed by atoms with Crippen LogP contribution in [0.15, 0.2) is 18.2 Å². The summed E-state index contributed by atoms with van der Waals surface area (Å²) in [5.41, 5.74) is 7.18. The second-order valence-corrected chi connectivity index (χ2v) is 4.93. The van der Waals surface area contributed by atoms with E-state index >= 15 is 0 Å². The number of hydrogen-bond donors (Lipinski definition) is 1. The molecular weight excluding hydrogens is 252 g/mol. The van der Waals surface area contributed by atoms with Gasteiger partial charge in [-0.1, -0.05) is 13.8 Å². The van der Waals surface area contributed by atoms with E-state index in [0.29, 0.717) is 6.54 Å². The van der Waals surface area contributed by atoms with Crippen molar-refractivity contribution in [1.29, 1.82) is 0 Å². The SMILES string of the molecule is CCCN(CCC)C(CN)c1cc(OC)cc(OC)c1. The number of nitrogens with two attached hydrogens (primary N) is 1. The van der Waals surface area contributed by atoms with Crippen molar-refractivity contribution in [3.63, 3.8) is 0 Å². The summed E-state index contributed by atoms with van der Waals surface area (Å²) in [6.45, 7) is 7.09. The molecule has 0 fully saturated rings. The van der Waals surface area contributed by atoms with Gasteiger partial charge in [-0.3, -0.25) is 4.90 Å². The molecule has 2 N–H and O–H groups in total. The predicted octanol–water partition coefficient (Wildman–Crippen LogP) is 2.83. The quantitative estimate of drug-likeness (QED) is 0.755. The highest BCUT2D eigenvalue weighted by atomic mass is 16.5. The van der Waals surface area contributed by atoms with Gasteiger partial charge in [-0.25, -0.2) is 0 Å². The first-order chi connectivity index (χ1) is 9.69. The van der Waals surface area contributed by atoms with Gasteiger partial charge in [-0.15, -0.1) is 0 Å². The lowest BCUT2D eigenvalue weighted by Crippen LogP contribution is -2.35. The van der Waals surface area contributed by atoms with Crippen molar-refractivity contribution in [2.75, 3.05) is 33.9 Å². The van der Waals surface area contributed by atoms with Crippen LogP contribution in [0.1, 0.15) is 38.3 Å². The van der Waals surface area contributed by atoms with Gasteiger partial charge in [0.15, 0.2) is 0 Å². The zero-order valence-corrected chi connectivity index (χ0v) is 13.2. The predicted molar refractivity (Wildman–Crippen MR) is 83.5 cm³/mol. The molecule has 0 heterocycles. The summed E-state index contributed by atoms with van der Waals surface area (Å²) < 4.78 is 10.7. The average molecular weight is 280 g/mol. The fraction of sp³-hybridized carbons (Fsp3) is 0.625. The molecule has 4 heteroatoms. The van der Waals surface area contributed by atoms with Crippen LogP contribution in [0.4, 0.5) is 0 Å². The minimum atomic E-state index is 0.207. The molecule has 0 aliphatic rings. The van der Waals surface area contributed by atoms with E-state index in [1.807, 2.05) is 6.07 Å². The zero-order chi connectivity index (χ0) is 15.0. The van der Waals surface area contributed by atoms with Gasteiger partial charge in [0.05, 0.1) is 14.2 Å². The molecule has 0 spiro atoms. The van der Waals surface area contributed by atoms with Crippen molar-refractivity contribution < 1.29 is 9.47 Å². The zero-order valence-electron chi connectivity index (χ0n) is 13.2. The van der Waals surface area contributed by atoms with Crippen LogP contribution < -0.4 is 15.2 Å². The lowest BCUT2D eigenvalue weighted by atomic mass is 10.0. The van der Waals surface area contributed by atoms with Gasteiger partial charge in [-0.2, -0.15) is 0 Å². The maximum Gasteiger partial charge on any atom is 0.122 e. The molecule has 1 aromatic rings. The number of methoxy groups -OCH3 is 2. The molecule has 0 aromatic heterocycles. The highest BCUT2D eigenvalue weighted by molar-refractivity contribution is 5.40. The van der Waals surface area contributed by atoms with Crippen molar-refractivity contribution in [3.8, 4) is 11.5 Å². The second-order valence-electron chi connectivity index (χ2n) is 4.93. The normalized spacial score (nSPS) is 12.5. The van der Waals surface area contributed by atoms with Gasteiger partial charge in [0.2, 0.25) is 0 Å². The van der Waals surface area contributed by atoms with E-state index in [4.69, 9.17) is 15.2 Å². The Morgan fingerprint density at radius 1 is 1.00 bits per heavy atom. The molecule has 114 valence electrons. The lowest BCUT2D eigenvalue weighted by Gasteiger charge is -2.31. The van der Waals surface area contributed by atoms with Crippen LogP contribution >= 0.6 is 0 Å². The summed E-state index contributed by atoms with van der Waals surface area (Å²) in [4.78, 5) is 2.44. The first-order valence-corrected chi connectivity index (χ1v) is 7.37. The molecule has 1 unspecified atom stereocenters. The monoisotopic (exact) mass is 280 g/mol. The van der Waals surface area contributed by atoms with E-state index in [0.717, 1.165) is 43.0 Å². The second kappa shape index (κ2) is 8.82. The summed E-state index contributed by atoms with van der Waals surface area (Å²) in [7, 11) is 3.34. The first-order valence-electron chi connectivity index (χ1n) is 7.37. The number of benzene rings is 1. The Kier molecular flexibility index (Phi) is 7.41. The van der Waals surface area contributed by atoms with Gasteiger partial charge in [-0.05, 0) is 43.6 Å². The van der Waals surface area contributed by atoms with Crippen molar-refractivity contribution in [2.24, 2.45) is 5.73 Å². The summed E-state index contributed by atoms with van der Waals surface area (Å²) >= 11 is 0. The number of ether oxygens (including phenoxy) is 2. The number of nitrogens with zero attached hydrogens (tertiary/aromatic N) is 1. The third kappa shape index (κ3) is 4.39. The van der Waals surface area contributed by atoms with Gasteiger partial charge >= 0.3 is 0 Å². The molecule has 0 radical (unpaired) electrons. The molecule has 1 atom stereocenters. The van der Waals surface area contributed by atoms with Crippen LogP contribution in [0.2, 0.25) is 0 Å². The van der Waals surface area contributed by atoms with Crippen molar-refractivity contribution in [2.45, 2.75) is 32.7 Å². The average Bonchev–Trinajstić information content (AvgIpc) is 2.48. The minimum Gasteiger partial charge on any atom is -0.497 e. The van der Waals surface area contributed by atoms with Crippen molar-refractivity contribution in [3.05, 3.63) is 23.8 Å². The highest BCUT2D eigenvalue weighted by Gasteiger charge is 2.19. The maximum atomic E-state index is 6.03. The molecule has 1 rings (SSSR count). The Balaban J connectivity index is 3.08. The molecule has 0 amide bonds. The van der Waals surface area contributed by atoms with E-state index in [9.17, 15) is 0 Å². The van der Waals surface area contributed by atoms with Crippen LogP contribution in [0.5, 0.6) is 11.5 Å². The topological polar surface area (TPSA) is 47.7 Å². The lowest BCUT2D eigenvalue weighted by molar-refractivity contribution is 0.201. The van der Waals surface area contributed by atoms with Crippen molar-refractivity contribution >= 4 is 0 Å². The van der Waals surface area contributed by atoms with Crippen LogP contribution in [-0.2, 0) is 0 Å². The van der Waals surface area contributed by atoms with Gasteiger partial charge in [0.1, 0.15) is 11.5 Å². The molecule has 0 saturated heterocycles. The standard InChI is InChI=1S/C16H28N2O2/c1-5-7-18(8-6-2)16(12-17)13-9-14(19-3)11-15(10-13)20-4/h9-11,16H,5-8,12,17H2,1-4H3. The first kappa shape index (κ1) is 16.8. The Morgan fingerprint density at radius 2 is 1.50 bits per heavy atom. The molecule has 20 heavy (non-hydrogen) atoms. The molecule has 0 aliphatic heterocycles. The third-order valence-electron chi connectivity index (χ3n) is 3.44. The Bertz CT molecular complexity index is 368. The maximum absolute atomic E-state index is 6.03. The summed E-state index contributed by atoms with van der Waals surface area (Å²) in [6.07, 6.45) is 2.25. The van der Waals surface area contributed by atoms with E-state index in [1.165, 1.54) is 0 Å². The largest absolute Gasteiger partial charge is 0.497 e. The molecule has 0 aliphatic carbocycles. The highest BCUT2D eigenvalue weighted by Crippen LogP contribution is 2.29. The summed E-state index contributed by atoms with van der Waals surface area (Å²) in [5.74, 6) is 1.62. The Labute approximate surface area is 122 Å². The van der Waals surface area contributed by atoms with Crippen LogP contribution in [-0.4, -0.2) is 38.8 Å². The van der Waals surface area contributed by atoms with Gasteiger partial charge in [0.25, 0.3) is 0 Å². The molecule has 0 bridgehead atoms. The van der Waals surface area contributed by atoms with Crippen molar-refractivity contribution in [1.82, 2.24) is 4.90 Å². The van der Waals surface area contributed by atoms with E-state index in [2.05, 4.69) is 30.9 Å². The fourth-order valence-corrected chi connectivity index (χ4v) is 2.52. The fourth-order valence-electron chi connectivity index (χ4n) is 2.52. The summed E-state index contributed by atoms with van der Waals surface area (Å²) in [5, 5.41) is 0. The molecule has 1 aromatic carbocycles. The number of rotatable bonds is 9. The number of hydrogen-bond acceptors (Lipinski definition) is 4. The molecule has 0 saturated carbocycles. The smallest absolute Gasteiger partial charge is 0.122 e. The summed E-state index contributed by atoms with van der Waals surface area (Å²) in [6, 6.07) is 6.21. The van der Waals surface area contributed by atoms with Crippen LogP contribution in [0.3, 0.4) is 0 Å². The Hall–Kier alpha value is -1.26. The third-order valence-corrected chi connectivity index (χ3v) is 3.44. The van der Waals surface area contributed by atoms with Gasteiger partial charge < -0.3 is 15.2 Å². The van der Waals surface area contributed by atoms with Crippen LogP contribution in [0, 0.1) is 0 Å².